The molecule has 5 nitrogen and oxygen atoms in total. The van der Waals surface area contributed by atoms with Crippen molar-refractivity contribution in [3.8, 4) is 0 Å². The van der Waals surface area contributed by atoms with E-state index < -0.39 is 10.0 Å². The number of nitrogens with one attached hydrogen (secondary N) is 2. The van der Waals surface area contributed by atoms with E-state index >= 15 is 0 Å². The van der Waals surface area contributed by atoms with Gasteiger partial charge in [0.05, 0.1) is 5.02 Å². The van der Waals surface area contributed by atoms with E-state index in [4.69, 9.17) is 11.6 Å². The summed E-state index contributed by atoms with van der Waals surface area (Å²) in [5, 5.41) is 1.16. The first-order valence-electron chi connectivity index (χ1n) is 6.01. The van der Waals surface area contributed by atoms with Gasteiger partial charge in [0.2, 0.25) is 10.0 Å². The van der Waals surface area contributed by atoms with Gasteiger partial charge in [-0.3, -0.25) is 4.79 Å². The summed E-state index contributed by atoms with van der Waals surface area (Å²) >= 11 is 6.04. The molecule has 2 aromatic rings. The van der Waals surface area contributed by atoms with Crippen LogP contribution in [0.25, 0.3) is 10.9 Å². The van der Waals surface area contributed by atoms with Crippen LogP contribution in [0.1, 0.15) is 12.8 Å². The van der Waals surface area contributed by atoms with E-state index in [-0.39, 0.29) is 21.5 Å². The standard InChI is InChI=1S/C12H12ClN2O3PS/c13-8-5-9-6(3-10(19)12(16)14-9)4-11(8)20(17,18)15-7-1-2-7/h3-5,7,15H,1-2,19H2,(H,14,16). The number of aromatic nitrogens is 1. The minimum absolute atomic E-state index is 0.0136. The Morgan fingerprint density at radius 2 is 2.00 bits per heavy atom. The average molecular weight is 331 g/mol. The largest absolute Gasteiger partial charge is 0.321 e. The minimum atomic E-state index is -3.62. The normalized spacial score (nSPS) is 15.7. The van der Waals surface area contributed by atoms with Crippen LogP contribution >= 0.6 is 20.8 Å². The molecule has 106 valence electrons. The Kier molecular flexibility index (Phi) is 3.37. The van der Waals surface area contributed by atoms with Crippen molar-refractivity contribution in [2.45, 2.75) is 23.8 Å². The second-order valence-electron chi connectivity index (χ2n) is 4.82. The molecule has 2 N–H and O–H groups in total. The molecule has 0 saturated heterocycles. The maximum atomic E-state index is 12.2. The summed E-state index contributed by atoms with van der Waals surface area (Å²) in [6, 6.07) is 4.57. The van der Waals surface area contributed by atoms with Crippen molar-refractivity contribution in [1.82, 2.24) is 9.71 Å². The first kappa shape index (κ1) is 14.0. The topological polar surface area (TPSA) is 79.0 Å². The van der Waals surface area contributed by atoms with E-state index in [9.17, 15) is 13.2 Å². The Bertz CT molecular complexity index is 859. The predicted octanol–water partition coefficient (Wildman–Crippen LogP) is 1.12. The highest BCUT2D eigenvalue weighted by molar-refractivity contribution is 7.89. The Morgan fingerprint density at radius 1 is 1.30 bits per heavy atom. The number of pyridine rings is 1. The first-order chi connectivity index (χ1) is 9.37. The van der Waals surface area contributed by atoms with Crippen LogP contribution < -0.4 is 15.6 Å². The monoisotopic (exact) mass is 330 g/mol. The van der Waals surface area contributed by atoms with Gasteiger partial charge in [-0.05, 0) is 31.0 Å². The van der Waals surface area contributed by atoms with E-state index in [1.54, 1.807) is 6.07 Å². The van der Waals surface area contributed by atoms with Gasteiger partial charge in [0.1, 0.15) is 4.90 Å². The molecule has 1 fully saturated rings. The number of aromatic amines is 1. The fourth-order valence-electron chi connectivity index (χ4n) is 1.91. The minimum Gasteiger partial charge on any atom is -0.321 e. The second-order valence-corrected chi connectivity index (χ2v) is 7.53. The van der Waals surface area contributed by atoms with Gasteiger partial charge in [0.15, 0.2) is 0 Å². The van der Waals surface area contributed by atoms with Crippen molar-refractivity contribution in [3.05, 3.63) is 33.6 Å². The molecule has 1 heterocycles. The maximum absolute atomic E-state index is 12.2. The van der Waals surface area contributed by atoms with Crippen molar-refractivity contribution >= 4 is 47.1 Å². The number of hydrogen-bond donors (Lipinski definition) is 2. The average Bonchev–Trinajstić information content (AvgIpc) is 3.13. The van der Waals surface area contributed by atoms with Gasteiger partial charge in [-0.2, -0.15) is 0 Å². The maximum Gasteiger partial charge on any atom is 0.255 e. The summed E-state index contributed by atoms with van der Waals surface area (Å²) in [5.74, 6) is 0. The van der Waals surface area contributed by atoms with Crippen molar-refractivity contribution in [3.63, 3.8) is 0 Å². The molecular weight excluding hydrogens is 319 g/mol. The summed E-state index contributed by atoms with van der Waals surface area (Å²) < 4.78 is 27.0. The summed E-state index contributed by atoms with van der Waals surface area (Å²) in [6.45, 7) is 0. The molecule has 1 aliphatic rings. The van der Waals surface area contributed by atoms with Crippen molar-refractivity contribution in [1.29, 1.82) is 0 Å². The molecule has 0 amide bonds. The van der Waals surface area contributed by atoms with Crippen LogP contribution in [-0.2, 0) is 10.0 Å². The molecule has 1 unspecified atom stereocenters. The van der Waals surface area contributed by atoms with Gasteiger partial charge in [0, 0.05) is 22.2 Å². The number of H-pyrrole nitrogens is 1. The molecular formula is C12H12ClN2O3PS. The fraction of sp³-hybridized carbons (Fsp3) is 0.250. The number of fused-ring (bicyclic) bond motifs is 1. The Balaban J connectivity index is 2.18. The lowest BCUT2D eigenvalue weighted by Gasteiger charge is -2.09. The zero-order chi connectivity index (χ0) is 14.5. The van der Waals surface area contributed by atoms with Crippen LogP contribution in [0.15, 0.2) is 27.9 Å². The quantitative estimate of drug-likeness (QED) is 0.828. The zero-order valence-electron chi connectivity index (χ0n) is 10.3. The van der Waals surface area contributed by atoms with Gasteiger partial charge in [-0.25, -0.2) is 13.1 Å². The molecule has 8 heteroatoms. The second kappa shape index (κ2) is 4.81. The van der Waals surface area contributed by atoms with Crippen LogP contribution in [-0.4, -0.2) is 19.4 Å². The molecule has 1 aliphatic carbocycles. The highest BCUT2D eigenvalue weighted by Crippen LogP contribution is 2.28. The third-order valence-electron chi connectivity index (χ3n) is 3.11. The summed E-state index contributed by atoms with van der Waals surface area (Å²) in [7, 11) is -1.31. The van der Waals surface area contributed by atoms with Gasteiger partial charge >= 0.3 is 0 Å². The molecule has 0 spiro atoms. The lowest BCUT2D eigenvalue weighted by molar-refractivity contribution is 0.581. The van der Waals surface area contributed by atoms with E-state index in [2.05, 4.69) is 18.9 Å². The number of halogens is 1. The van der Waals surface area contributed by atoms with Crippen molar-refractivity contribution < 1.29 is 8.42 Å². The highest BCUT2D eigenvalue weighted by Gasteiger charge is 2.29. The summed E-state index contributed by atoms with van der Waals surface area (Å²) in [6.07, 6.45) is 1.71. The molecule has 0 radical (unpaired) electrons. The molecule has 0 aliphatic heterocycles. The molecule has 20 heavy (non-hydrogen) atoms. The number of rotatable bonds is 3. The third kappa shape index (κ3) is 2.61. The van der Waals surface area contributed by atoms with Gasteiger partial charge in [0.25, 0.3) is 5.56 Å². The van der Waals surface area contributed by atoms with E-state index in [0.29, 0.717) is 16.2 Å². The lowest BCUT2D eigenvalue weighted by Crippen LogP contribution is -2.26. The van der Waals surface area contributed by atoms with E-state index in [1.807, 2.05) is 0 Å². The fourth-order valence-corrected chi connectivity index (χ4v) is 4.03. The molecule has 1 saturated carbocycles. The molecule has 3 rings (SSSR count). The van der Waals surface area contributed by atoms with Crippen molar-refractivity contribution in [2.75, 3.05) is 0 Å². The number of benzene rings is 1. The molecule has 1 aromatic carbocycles. The van der Waals surface area contributed by atoms with Gasteiger partial charge in [-0.1, -0.05) is 20.8 Å². The van der Waals surface area contributed by atoms with Gasteiger partial charge in [-0.15, -0.1) is 0 Å². The summed E-state index contributed by atoms with van der Waals surface area (Å²) in [5.41, 5.74) is 0.266. The smallest absolute Gasteiger partial charge is 0.255 e. The SMILES string of the molecule is O=c1[nH]c2cc(Cl)c(S(=O)(=O)NC3CC3)cc2cc1P. The zero-order valence-corrected chi connectivity index (χ0v) is 13.0. The predicted molar refractivity (Wildman–Crippen MR) is 82.3 cm³/mol. The Morgan fingerprint density at radius 3 is 2.65 bits per heavy atom. The Labute approximate surface area is 123 Å². The van der Waals surface area contributed by atoms with Crippen LogP contribution in [0, 0.1) is 0 Å². The van der Waals surface area contributed by atoms with Crippen molar-refractivity contribution in [2.24, 2.45) is 0 Å². The molecule has 1 atom stereocenters. The van der Waals surface area contributed by atoms with Crippen LogP contribution in [0.5, 0.6) is 0 Å². The van der Waals surface area contributed by atoms with E-state index in [1.165, 1.54) is 12.1 Å². The Hall–Kier alpha value is -0.940. The highest BCUT2D eigenvalue weighted by atomic mass is 35.5. The lowest BCUT2D eigenvalue weighted by atomic mass is 10.2. The third-order valence-corrected chi connectivity index (χ3v) is 5.53. The van der Waals surface area contributed by atoms with Crippen LogP contribution in [0.3, 0.4) is 0 Å². The number of hydrogen-bond acceptors (Lipinski definition) is 3. The molecule has 1 aromatic heterocycles. The van der Waals surface area contributed by atoms with Crippen LogP contribution in [0.2, 0.25) is 5.02 Å². The summed E-state index contributed by atoms with van der Waals surface area (Å²) in [4.78, 5) is 14.2. The number of sulfonamides is 1. The first-order valence-corrected chi connectivity index (χ1v) is 8.45. The van der Waals surface area contributed by atoms with E-state index in [0.717, 1.165) is 12.8 Å². The van der Waals surface area contributed by atoms with Crippen LogP contribution in [0.4, 0.5) is 0 Å². The molecule has 0 bridgehead atoms. The van der Waals surface area contributed by atoms with Gasteiger partial charge < -0.3 is 4.98 Å².